The summed E-state index contributed by atoms with van der Waals surface area (Å²) in [4.78, 5) is 11.8. The molecule has 0 saturated carbocycles. The third-order valence-corrected chi connectivity index (χ3v) is 2.36. The molecule has 1 unspecified atom stereocenters. The van der Waals surface area contributed by atoms with Crippen molar-refractivity contribution in [1.82, 2.24) is 0 Å². The normalized spacial score (nSPS) is 11.9. The van der Waals surface area contributed by atoms with Crippen LogP contribution < -0.4 is 0 Å². The number of rotatable bonds is 5. The zero-order chi connectivity index (χ0) is 12.8. The van der Waals surface area contributed by atoms with E-state index in [-0.39, 0.29) is 13.0 Å². The van der Waals surface area contributed by atoms with Gasteiger partial charge in [0.05, 0.1) is 12.2 Å². The van der Waals surface area contributed by atoms with Crippen molar-refractivity contribution in [2.45, 2.75) is 26.4 Å². The number of hydrogen-bond acceptors (Lipinski definition) is 2. The predicted molar refractivity (Wildman–Crippen MR) is 66.6 cm³/mol. The van der Waals surface area contributed by atoms with Gasteiger partial charge in [-0.25, -0.2) is 9.18 Å². The van der Waals surface area contributed by atoms with Crippen molar-refractivity contribution in [1.29, 1.82) is 0 Å². The molecule has 0 amide bonds. The Morgan fingerprint density at radius 3 is 2.53 bits per heavy atom. The molecule has 1 rings (SSSR count). The Bertz CT molecular complexity index is 410. The van der Waals surface area contributed by atoms with Gasteiger partial charge in [0.15, 0.2) is 0 Å². The maximum absolute atomic E-state index is 12.6. The Morgan fingerprint density at radius 1 is 1.41 bits per heavy atom. The third kappa shape index (κ3) is 4.02. The molecule has 0 fully saturated rings. The van der Waals surface area contributed by atoms with E-state index in [9.17, 15) is 9.18 Å². The number of carbonyl (C=O) groups excluding carboxylic acids is 1. The average Bonchev–Trinajstić information content (AvgIpc) is 2.28. The minimum Gasteiger partial charge on any atom is -0.462 e. The van der Waals surface area contributed by atoms with Crippen LogP contribution in [0.2, 0.25) is 0 Å². The highest BCUT2D eigenvalue weighted by Gasteiger charge is 2.12. The van der Waals surface area contributed by atoms with Gasteiger partial charge >= 0.3 is 5.97 Å². The highest BCUT2D eigenvalue weighted by molar-refractivity contribution is 5.95. The van der Waals surface area contributed by atoms with Gasteiger partial charge in [0.1, 0.15) is 6.17 Å². The van der Waals surface area contributed by atoms with Gasteiger partial charge in [0.25, 0.3) is 0 Å². The molecule has 0 heterocycles. The lowest BCUT2D eigenvalue weighted by Gasteiger charge is -2.09. The van der Waals surface area contributed by atoms with Crippen LogP contribution in [0.25, 0.3) is 5.57 Å². The lowest BCUT2D eigenvalue weighted by molar-refractivity contribution is 0.0477. The molecule has 2 nitrogen and oxygen atoms in total. The minimum absolute atomic E-state index is 0.0982. The van der Waals surface area contributed by atoms with Crippen molar-refractivity contribution < 1.29 is 13.9 Å². The number of halogens is 1. The summed E-state index contributed by atoms with van der Waals surface area (Å²) in [7, 11) is 0. The van der Waals surface area contributed by atoms with Gasteiger partial charge in [-0.2, -0.15) is 0 Å². The lowest BCUT2D eigenvalue weighted by Crippen LogP contribution is -2.10. The standard InChI is InChI=1S/C14H17FO2/c1-10(2)12-6-4-5-7-13(12)14(16)17-9-8-11(3)15/h4-7,11H,1,8-9H2,2-3H3. The fraction of sp³-hybridized carbons (Fsp3) is 0.357. The first-order valence-corrected chi connectivity index (χ1v) is 5.58. The number of carbonyl (C=O) groups is 1. The molecule has 1 aromatic carbocycles. The van der Waals surface area contributed by atoms with E-state index in [4.69, 9.17) is 4.74 Å². The topological polar surface area (TPSA) is 26.3 Å². The summed E-state index contributed by atoms with van der Waals surface area (Å²) >= 11 is 0. The van der Waals surface area contributed by atoms with E-state index < -0.39 is 12.1 Å². The minimum atomic E-state index is -0.959. The van der Waals surface area contributed by atoms with Crippen molar-refractivity contribution in [2.24, 2.45) is 0 Å². The zero-order valence-electron chi connectivity index (χ0n) is 10.2. The molecule has 0 aliphatic heterocycles. The molecule has 0 spiro atoms. The van der Waals surface area contributed by atoms with E-state index in [1.54, 1.807) is 12.1 Å². The summed E-state index contributed by atoms with van der Waals surface area (Å²) in [6.45, 7) is 7.18. The first-order valence-electron chi connectivity index (χ1n) is 5.58. The Morgan fingerprint density at radius 2 is 2.00 bits per heavy atom. The number of allylic oxidation sites excluding steroid dienone is 1. The van der Waals surface area contributed by atoms with E-state index in [0.29, 0.717) is 5.56 Å². The van der Waals surface area contributed by atoms with Gasteiger partial charge in [-0.1, -0.05) is 30.4 Å². The van der Waals surface area contributed by atoms with Gasteiger partial charge in [0.2, 0.25) is 0 Å². The van der Waals surface area contributed by atoms with Crippen molar-refractivity contribution in [2.75, 3.05) is 6.61 Å². The van der Waals surface area contributed by atoms with Crippen LogP contribution in [0.3, 0.4) is 0 Å². The summed E-state index contributed by atoms with van der Waals surface area (Å²) in [6, 6.07) is 7.10. The molecule has 92 valence electrons. The molecule has 1 aromatic rings. The van der Waals surface area contributed by atoms with E-state index in [0.717, 1.165) is 11.1 Å². The molecule has 3 heteroatoms. The summed E-state index contributed by atoms with van der Waals surface area (Å²) < 4.78 is 17.6. The van der Waals surface area contributed by atoms with Crippen LogP contribution in [0, 0.1) is 0 Å². The quantitative estimate of drug-likeness (QED) is 0.730. The highest BCUT2D eigenvalue weighted by Crippen LogP contribution is 2.18. The van der Waals surface area contributed by atoms with Crippen LogP contribution >= 0.6 is 0 Å². The maximum Gasteiger partial charge on any atom is 0.338 e. The summed E-state index contributed by atoms with van der Waals surface area (Å²) in [5.41, 5.74) is 2.05. The van der Waals surface area contributed by atoms with Crippen LogP contribution in [0.1, 0.15) is 36.2 Å². The summed E-state index contributed by atoms with van der Waals surface area (Å²) in [5, 5.41) is 0. The molecule has 0 saturated heterocycles. The van der Waals surface area contributed by atoms with Crippen molar-refractivity contribution >= 4 is 11.5 Å². The second-order valence-corrected chi connectivity index (χ2v) is 4.03. The van der Waals surface area contributed by atoms with Gasteiger partial charge in [-0.3, -0.25) is 0 Å². The molecule has 0 aliphatic carbocycles. The number of benzene rings is 1. The summed E-state index contributed by atoms with van der Waals surface area (Å²) in [5.74, 6) is -0.427. The molecular weight excluding hydrogens is 219 g/mol. The third-order valence-electron chi connectivity index (χ3n) is 2.36. The van der Waals surface area contributed by atoms with Crippen LogP contribution in [0.15, 0.2) is 30.8 Å². The van der Waals surface area contributed by atoms with Crippen molar-refractivity contribution in [3.8, 4) is 0 Å². The monoisotopic (exact) mass is 236 g/mol. The second-order valence-electron chi connectivity index (χ2n) is 4.03. The molecule has 0 aromatic heterocycles. The number of hydrogen-bond donors (Lipinski definition) is 0. The molecule has 0 aliphatic rings. The van der Waals surface area contributed by atoms with Gasteiger partial charge in [-0.05, 0) is 25.5 Å². The van der Waals surface area contributed by atoms with Gasteiger partial charge in [-0.15, -0.1) is 0 Å². The molecule has 0 bridgehead atoms. The van der Waals surface area contributed by atoms with E-state index >= 15 is 0 Å². The smallest absolute Gasteiger partial charge is 0.338 e. The Kier molecular flexibility index (Phi) is 4.88. The van der Waals surface area contributed by atoms with E-state index in [1.807, 2.05) is 19.1 Å². The number of esters is 1. The molecule has 0 radical (unpaired) electrons. The Balaban J connectivity index is 2.72. The predicted octanol–water partition coefficient (Wildman–Crippen LogP) is 3.62. The fourth-order valence-electron chi connectivity index (χ4n) is 1.43. The van der Waals surface area contributed by atoms with Gasteiger partial charge in [0, 0.05) is 6.42 Å². The SMILES string of the molecule is C=C(C)c1ccccc1C(=O)OCCC(C)F. The molecular formula is C14H17FO2. The fourth-order valence-corrected chi connectivity index (χ4v) is 1.43. The molecule has 0 N–H and O–H groups in total. The average molecular weight is 236 g/mol. The molecule has 1 atom stereocenters. The van der Waals surface area contributed by atoms with Crippen LogP contribution in [-0.2, 0) is 4.74 Å². The lowest BCUT2D eigenvalue weighted by atomic mass is 10.0. The Labute approximate surface area is 101 Å². The maximum atomic E-state index is 12.6. The van der Waals surface area contributed by atoms with E-state index in [2.05, 4.69) is 6.58 Å². The first-order chi connectivity index (χ1) is 8.02. The van der Waals surface area contributed by atoms with Gasteiger partial charge < -0.3 is 4.74 Å². The second kappa shape index (κ2) is 6.18. The number of ether oxygens (including phenoxy) is 1. The zero-order valence-corrected chi connectivity index (χ0v) is 10.2. The highest BCUT2D eigenvalue weighted by atomic mass is 19.1. The largest absolute Gasteiger partial charge is 0.462 e. The van der Waals surface area contributed by atoms with Crippen molar-refractivity contribution in [3.63, 3.8) is 0 Å². The first kappa shape index (κ1) is 13.4. The van der Waals surface area contributed by atoms with Crippen molar-refractivity contribution in [3.05, 3.63) is 42.0 Å². The molecule has 17 heavy (non-hydrogen) atoms. The van der Waals surface area contributed by atoms with Crippen LogP contribution in [0.5, 0.6) is 0 Å². The van der Waals surface area contributed by atoms with Crippen LogP contribution in [0.4, 0.5) is 4.39 Å². The Hall–Kier alpha value is -1.64. The summed E-state index contributed by atoms with van der Waals surface area (Å²) in [6.07, 6.45) is -0.736. The van der Waals surface area contributed by atoms with E-state index in [1.165, 1.54) is 6.92 Å². The number of alkyl halides is 1. The van der Waals surface area contributed by atoms with Crippen LogP contribution in [-0.4, -0.2) is 18.7 Å².